The number of nitrogens with zero attached hydrogens (tertiary/aromatic N) is 1. The van der Waals surface area contributed by atoms with Crippen LogP contribution in [0.3, 0.4) is 0 Å². The van der Waals surface area contributed by atoms with Gasteiger partial charge in [0.1, 0.15) is 0 Å². The fourth-order valence-electron chi connectivity index (χ4n) is 3.89. The van der Waals surface area contributed by atoms with Crippen LogP contribution in [-0.2, 0) is 0 Å². The van der Waals surface area contributed by atoms with Gasteiger partial charge in [-0.1, -0.05) is 12.1 Å². The zero-order valence-electron chi connectivity index (χ0n) is 14.7. The lowest BCUT2D eigenvalue weighted by atomic mass is 9.81. The van der Waals surface area contributed by atoms with Crippen LogP contribution in [0.5, 0.6) is 0 Å². The van der Waals surface area contributed by atoms with Gasteiger partial charge in [-0.15, -0.1) is 0 Å². The third-order valence-corrected chi connectivity index (χ3v) is 5.13. The van der Waals surface area contributed by atoms with Gasteiger partial charge < -0.3 is 5.32 Å². The molecule has 1 aliphatic rings. The average molecular weight is 288 g/mol. The number of nitrogens with one attached hydrogen (secondary N) is 1. The molecule has 1 saturated heterocycles. The van der Waals surface area contributed by atoms with Gasteiger partial charge in [0.25, 0.3) is 0 Å². The van der Waals surface area contributed by atoms with Crippen molar-refractivity contribution in [1.82, 2.24) is 10.2 Å². The Morgan fingerprint density at radius 1 is 1.14 bits per heavy atom. The minimum absolute atomic E-state index is 0.561. The Morgan fingerprint density at radius 3 is 2.43 bits per heavy atom. The van der Waals surface area contributed by atoms with Crippen LogP contribution in [0, 0.1) is 26.7 Å². The second kappa shape index (κ2) is 6.93. The van der Waals surface area contributed by atoms with Crippen LogP contribution in [-0.4, -0.2) is 31.1 Å². The number of hydrogen-bond acceptors (Lipinski definition) is 2. The fraction of sp³-hybridized carbons (Fsp3) is 0.684. The number of piperidine rings is 1. The first-order chi connectivity index (χ1) is 9.95. The predicted molar refractivity (Wildman–Crippen MR) is 91.9 cm³/mol. The second-order valence-corrected chi connectivity index (χ2v) is 7.03. The monoisotopic (exact) mass is 288 g/mol. The Morgan fingerprint density at radius 2 is 1.81 bits per heavy atom. The van der Waals surface area contributed by atoms with Crippen molar-refractivity contribution in [3.05, 3.63) is 34.4 Å². The summed E-state index contributed by atoms with van der Waals surface area (Å²) >= 11 is 0. The molecule has 1 fully saturated rings. The molecule has 2 rings (SSSR count). The van der Waals surface area contributed by atoms with E-state index in [1.807, 2.05) is 0 Å². The standard InChI is InChI=1S/C19H32N2/c1-13(2)21-9-7-8-17(12-20-6)19(21)18-11-15(4)14(3)10-16(18)5/h10-11,13,17,19-20H,7-9,12H2,1-6H3. The molecule has 0 spiro atoms. The second-order valence-electron chi connectivity index (χ2n) is 7.03. The third kappa shape index (κ3) is 3.49. The molecule has 0 aliphatic carbocycles. The summed E-state index contributed by atoms with van der Waals surface area (Å²) < 4.78 is 0. The molecule has 0 radical (unpaired) electrons. The van der Waals surface area contributed by atoms with Gasteiger partial charge in [0.15, 0.2) is 0 Å². The van der Waals surface area contributed by atoms with E-state index in [0.29, 0.717) is 18.0 Å². The molecule has 0 bridgehead atoms. The minimum Gasteiger partial charge on any atom is -0.319 e. The molecule has 2 nitrogen and oxygen atoms in total. The van der Waals surface area contributed by atoms with Crippen molar-refractivity contribution < 1.29 is 0 Å². The van der Waals surface area contributed by atoms with Crippen LogP contribution in [0.1, 0.15) is 55.0 Å². The highest BCUT2D eigenvalue weighted by Crippen LogP contribution is 2.39. The summed E-state index contributed by atoms with van der Waals surface area (Å²) in [6, 6.07) is 5.98. The highest BCUT2D eigenvalue weighted by molar-refractivity contribution is 5.39. The van der Waals surface area contributed by atoms with Crippen LogP contribution in [0.2, 0.25) is 0 Å². The van der Waals surface area contributed by atoms with Crippen LogP contribution in [0.4, 0.5) is 0 Å². The van der Waals surface area contributed by atoms with E-state index in [-0.39, 0.29) is 0 Å². The molecule has 1 aromatic carbocycles. The number of aryl methyl sites for hydroxylation is 3. The largest absolute Gasteiger partial charge is 0.319 e. The fourth-order valence-corrected chi connectivity index (χ4v) is 3.89. The van der Waals surface area contributed by atoms with E-state index in [2.05, 4.69) is 64.0 Å². The highest BCUT2D eigenvalue weighted by atomic mass is 15.2. The molecular weight excluding hydrogens is 256 g/mol. The molecule has 2 atom stereocenters. The maximum Gasteiger partial charge on any atom is 0.0393 e. The molecule has 1 aliphatic heterocycles. The van der Waals surface area contributed by atoms with Crippen LogP contribution in [0.15, 0.2) is 12.1 Å². The minimum atomic E-state index is 0.561. The maximum absolute atomic E-state index is 3.42. The summed E-state index contributed by atoms with van der Waals surface area (Å²) in [4.78, 5) is 2.71. The van der Waals surface area contributed by atoms with E-state index in [9.17, 15) is 0 Å². The van der Waals surface area contributed by atoms with Crippen molar-refractivity contribution in [3.63, 3.8) is 0 Å². The molecule has 1 heterocycles. The Hall–Kier alpha value is -0.860. The van der Waals surface area contributed by atoms with Gasteiger partial charge in [-0.25, -0.2) is 0 Å². The summed E-state index contributed by atoms with van der Waals surface area (Å²) in [6.45, 7) is 13.8. The van der Waals surface area contributed by atoms with Crippen LogP contribution >= 0.6 is 0 Å². The Bertz CT molecular complexity index is 477. The van der Waals surface area contributed by atoms with Gasteiger partial charge in [-0.05, 0) is 95.8 Å². The highest BCUT2D eigenvalue weighted by Gasteiger charge is 2.34. The quantitative estimate of drug-likeness (QED) is 0.901. The molecule has 21 heavy (non-hydrogen) atoms. The molecule has 1 aromatic rings. The van der Waals surface area contributed by atoms with E-state index in [0.717, 1.165) is 6.54 Å². The Balaban J connectivity index is 2.44. The van der Waals surface area contributed by atoms with E-state index in [4.69, 9.17) is 0 Å². The molecule has 0 saturated carbocycles. The van der Waals surface area contributed by atoms with Gasteiger partial charge in [0.2, 0.25) is 0 Å². The lowest BCUT2D eigenvalue weighted by Gasteiger charge is -2.44. The van der Waals surface area contributed by atoms with E-state index in [1.54, 1.807) is 5.56 Å². The van der Waals surface area contributed by atoms with E-state index >= 15 is 0 Å². The van der Waals surface area contributed by atoms with Crippen LogP contribution < -0.4 is 5.32 Å². The SMILES string of the molecule is CNCC1CCCN(C(C)C)C1c1cc(C)c(C)cc1C. The average Bonchev–Trinajstić information content (AvgIpc) is 2.43. The predicted octanol–water partition coefficient (Wildman–Crippen LogP) is 3.99. The van der Waals surface area contributed by atoms with Crippen molar-refractivity contribution in [2.24, 2.45) is 5.92 Å². The van der Waals surface area contributed by atoms with Crippen molar-refractivity contribution >= 4 is 0 Å². The lowest BCUT2D eigenvalue weighted by Crippen LogP contribution is -2.45. The van der Waals surface area contributed by atoms with Crippen molar-refractivity contribution in [2.75, 3.05) is 20.1 Å². The lowest BCUT2D eigenvalue weighted by molar-refractivity contribution is 0.0632. The molecule has 0 amide bonds. The number of hydrogen-bond donors (Lipinski definition) is 1. The third-order valence-electron chi connectivity index (χ3n) is 5.13. The first-order valence-corrected chi connectivity index (χ1v) is 8.43. The van der Waals surface area contributed by atoms with Crippen molar-refractivity contribution in [1.29, 1.82) is 0 Å². The summed E-state index contributed by atoms with van der Waals surface area (Å²) in [6.07, 6.45) is 2.66. The first kappa shape index (κ1) is 16.5. The zero-order chi connectivity index (χ0) is 15.6. The van der Waals surface area contributed by atoms with Gasteiger partial charge in [0.05, 0.1) is 0 Å². The molecule has 2 heteroatoms. The number of benzene rings is 1. The van der Waals surface area contributed by atoms with Crippen molar-refractivity contribution in [2.45, 2.75) is 59.5 Å². The molecular formula is C19H32N2. The van der Waals surface area contributed by atoms with E-state index in [1.165, 1.54) is 36.1 Å². The smallest absolute Gasteiger partial charge is 0.0393 e. The van der Waals surface area contributed by atoms with Gasteiger partial charge >= 0.3 is 0 Å². The van der Waals surface area contributed by atoms with E-state index < -0.39 is 0 Å². The Labute approximate surface area is 130 Å². The van der Waals surface area contributed by atoms with Crippen molar-refractivity contribution in [3.8, 4) is 0 Å². The number of likely N-dealkylation sites (tertiary alicyclic amines) is 1. The van der Waals surface area contributed by atoms with Gasteiger partial charge in [-0.2, -0.15) is 0 Å². The zero-order valence-corrected chi connectivity index (χ0v) is 14.7. The molecule has 1 N–H and O–H groups in total. The topological polar surface area (TPSA) is 15.3 Å². The summed E-state index contributed by atoms with van der Waals surface area (Å²) in [5.41, 5.74) is 5.84. The normalized spacial score (nSPS) is 23.8. The summed E-state index contributed by atoms with van der Waals surface area (Å²) in [5.74, 6) is 0.715. The molecule has 118 valence electrons. The Kier molecular flexibility index (Phi) is 5.45. The van der Waals surface area contributed by atoms with Gasteiger partial charge in [-0.3, -0.25) is 4.90 Å². The van der Waals surface area contributed by atoms with Gasteiger partial charge in [0, 0.05) is 12.1 Å². The van der Waals surface area contributed by atoms with Crippen LogP contribution in [0.25, 0.3) is 0 Å². The summed E-state index contributed by atoms with van der Waals surface area (Å²) in [7, 11) is 2.08. The first-order valence-electron chi connectivity index (χ1n) is 8.43. The summed E-state index contributed by atoms with van der Waals surface area (Å²) in [5, 5.41) is 3.42. The molecule has 2 unspecified atom stereocenters. The maximum atomic E-state index is 3.42. The number of rotatable bonds is 4. The molecule has 0 aromatic heterocycles.